The third-order valence-corrected chi connectivity index (χ3v) is 5.57. The van der Waals surface area contributed by atoms with E-state index in [-0.39, 0.29) is 11.7 Å². The number of amides is 1. The van der Waals surface area contributed by atoms with Crippen molar-refractivity contribution < 1.29 is 9.53 Å². The molecular weight excluding hydrogens is 452 g/mol. The molecule has 4 aromatic rings. The molecule has 180 valence electrons. The first kappa shape index (κ1) is 24.2. The molecule has 0 saturated heterocycles. The Morgan fingerprint density at radius 3 is 2.47 bits per heavy atom. The molecule has 4 rings (SSSR count). The highest BCUT2D eigenvalue weighted by Gasteiger charge is 2.19. The summed E-state index contributed by atoms with van der Waals surface area (Å²) in [6.07, 6.45) is 2.86. The van der Waals surface area contributed by atoms with Crippen molar-refractivity contribution in [2.75, 3.05) is 11.1 Å². The number of nitrogens with one attached hydrogen (secondary N) is 2. The predicted molar refractivity (Wildman–Crippen MR) is 143 cm³/mol. The summed E-state index contributed by atoms with van der Waals surface area (Å²) in [6.45, 7) is 7.28. The maximum atomic E-state index is 11.7. The van der Waals surface area contributed by atoms with Gasteiger partial charge in [0.15, 0.2) is 0 Å². The van der Waals surface area contributed by atoms with Gasteiger partial charge in [0, 0.05) is 40.3 Å². The number of aryl methyl sites for hydroxylation is 2. The van der Waals surface area contributed by atoms with Gasteiger partial charge in [0.2, 0.25) is 11.8 Å². The number of hydrogen-bond acceptors (Lipinski definition) is 6. The molecule has 0 aliphatic rings. The summed E-state index contributed by atoms with van der Waals surface area (Å²) in [5, 5.41) is 10.9. The molecule has 6 N–H and O–H groups in total. The maximum Gasteiger partial charge on any atom is 0.248 e. The fourth-order valence-electron chi connectivity index (χ4n) is 3.90. The van der Waals surface area contributed by atoms with Crippen LogP contribution in [0.15, 0.2) is 79.5 Å². The number of nitrogens with zero attached hydrogens (tertiary/aromatic N) is 2. The largest absolute Gasteiger partial charge is 0.439 e. The van der Waals surface area contributed by atoms with Gasteiger partial charge in [-0.3, -0.25) is 10.2 Å². The number of hydrogen-bond donors (Lipinski definition) is 4. The van der Waals surface area contributed by atoms with Crippen LogP contribution in [0.25, 0.3) is 22.3 Å². The van der Waals surface area contributed by atoms with E-state index in [0.717, 1.165) is 27.9 Å². The molecule has 0 saturated carbocycles. The Morgan fingerprint density at radius 1 is 1.08 bits per heavy atom. The molecule has 36 heavy (non-hydrogen) atoms. The quantitative estimate of drug-likeness (QED) is 0.124. The average molecular weight is 479 g/mol. The van der Waals surface area contributed by atoms with Gasteiger partial charge in [-0.15, -0.1) is 0 Å². The molecule has 8 nitrogen and oxygen atoms in total. The fraction of sp³-hybridized carbons (Fsp3) is 0.0714. The first-order valence-corrected chi connectivity index (χ1v) is 11.2. The van der Waals surface area contributed by atoms with Crippen LogP contribution < -0.4 is 21.5 Å². The van der Waals surface area contributed by atoms with Crippen molar-refractivity contribution in [2.24, 2.45) is 5.73 Å². The first-order valence-electron chi connectivity index (χ1n) is 11.2. The van der Waals surface area contributed by atoms with Crippen LogP contribution >= 0.6 is 0 Å². The molecule has 2 aromatic heterocycles. The fourth-order valence-corrected chi connectivity index (χ4v) is 3.90. The van der Waals surface area contributed by atoms with Crippen molar-refractivity contribution in [3.05, 3.63) is 96.3 Å². The van der Waals surface area contributed by atoms with Gasteiger partial charge in [0.1, 0.15) is 17.4 Å². The van der Waals surface area contributed by atoms with E-state index in [2.05, 4.69) is 21.9 Å². The van der Waals surface area contributed by atoms with Crippen molar-refractivity contribution in [3.8, 4) is 33.9 Å². The SMILES string of the molecule is C=CC(=O)Nc1cc(C)c(-c2ccc(N)c(C(=N)N)c2-c2ccc(Oc3cccc(C)n3)cc2)cn1. The van der Waals surface area contributed by atoms with E-state index in [0.29, 0.717) is 34.3 Å². The number of rotatable bonds is 7. The molecule has 2 aromatic carbocycles. The summed E-state index contributed by atoms with van der Waals surface area (Å²) < 4.78 is 5.89. The van der Waals surface area contributed by atoms with Crippen molar-refractivity contribution in [1.29, 1.82) is 5.41 Å². The van der Waals surface area contributed by atoms with Gasteiger partial charge in [-0.25, -0.2) is 9.97 Å². The van der Waals surface area contributed by atoms with Gasteiger partial charge in [0.05, 0.1) is 0 Å². The highest BCUT2D eigenvalue weighted by atomic mass is 16.5. The summed E-state index contributed by atoms with van der Waals surface area (Å²) in [4.78, 5) is 20.4. The first-order chi connectivity index (χ1) is 17.3. The number of anilines is 2. The molecule has 0 radical (unpaired) electrons. The zero-order valence-corrected chi connectivity index (χ0v) is 20.0. The Kier molecular flexibility index (Phi) is 6.78. The molecule has 2 heterocycles. The van der Waals surface area contributed by atoms with Crippen LogP contribution in [0.5, 0.6) is 11.6 Å². The lowest BCUT2D eigenvalue weighted by Crippen LogP contribution is -2.16. The molecule has 8 heteroatoms. The second-order valence-corrected chi connectivity index (χ2v) is 8.19. The summed E-state index contributed by atoms with van der Waals surface area (Å²) in [7, 11) is 0. The van der Waals surface area contributed by atoms with Crippen molar-refractivity contribution >= 4 is 23.2 Å². The lowest BCUT2D eigenvalue weighted by atomic mass is 9.88. The zero-order valence-electron chi connectivity index (χ0n) is 20.0. The Balaban J connectivity index is 1.79. The minimum atomic E-state index is -0.343. The van der Waals surface area contributed by atoms with E-state index in [1.807, 2.05) is 56.3 Å². The standard InChI is InChI=1S/C28H26N6O2/c1-4-24(35)34-23-14-16(2)21(15-32-23)20-12-13-22(29)27(28(30)31)26(20)18-8-10-19(11-9-18)36-25-7-5-6-17(3)33-25/h4-15H,1,29H2,2-3H3,(H3,30,31)(H,32,34,35). The molecule has 0 fully saturated rings. The number of nitrogen functional groups attached to an aromatic ring is 2. The number of nitrogens with two attached hydrogens (primary N) is 2. The van der Waals surface area contributed by atoms with Gasteiger partial charge in [-0.05, 0) is 66.9 Å². The average Bonchev–Trinajstić information content (AvgIpc) is 2.84. The van der Waals surface area contributed by atoms with Crippen molar-refractivity contribution in [3.63, 3.8) is 0 Å². The van der Waals surface area contributed by atoms with E-state index in [9.17, 15) is 4.79 Å². The van der Waals surface area contributed by atoms with Crippen molar-refractivity contribution in [2.45, 2.75) is 13.8 Å². The number of pyridine rings is 2. The summed E-state index contributed by atoms with van der Waals surface area (Å²) in [5.41, 5.74) is 17.9. The number of carbonyl (C=O) groups is 1. The third kappa shape index (κ3) is 5.07. The lowest BCUT2D eigenvalue weighted by Gasteiger charge is -2.19. The predicted octanol–water partition coefficient (Wildman–Crippen LogP) is 5.21. The third-order valence-electron chi connectivity index (χ3n) is 5.57. The molecule has 0 spiro atoms. The Hall–Kier alpha value is -4.98. The topological polar surface area (TPSA) is 140 Å². The van der Waals surface area contributed by atoms with Gasteiger partial charge >= 0.3 is 0 Å². The molecule has 0 atom stereocenters. The minimum Gasteiger partial charge on any atom is -0.439 e. The normalized spacial score (nSPS) is 10.5. The zero-order chi connectivity index (χ0) is 25.8. The van der Waals surface area contributed by atoms with Gasteiger partial charge in [-0.2, -0.15) is 0 Å². The number of ether oxygens (including phenoxy) is 1. The highest BCUT2D eigenvalue weighted by Crippen LogP contribution is 2.39. The van der Waals surface area contributed by atoms with Crippen LogP contribution in [0.2, 0.25) is 0 Å². The van der Waals surface area contributed by atoms with Crippen LogP contribution in [-0.2, 0) is 4.79 Å². The molecule has 0 unspecified atom stereocenters. The van der Waals surface area contributed by atoms with E-state index in [4.69, 9.17) is 21.6 Å². The summed E-state index contributed by atoms with van der Waals surface area (Å²) in [6, 6.07) is 18.4. The Morgan fingerprint density at radius 2 is 1.83 bits per heavy atom. The van der Waals surface area contributed by atoms with Crippen LogP contribution in [0.1, 0.15) is 16.8 Å². The van der Waals surface area contributed by atoms with E-state index < -0.39 is 0 Å². The number of amidine groups is 1. The van der Waals surface area contributed by atoms with Crippen molar-refractivity contribution in [1.82, 2.24) is 9.97 Å². The van der Waals surface area contributed by atoms with Crippen LogP contribution in [0, 0.1) is 19.3 Å². The molecular formula is C28H26N6O2. The molecule has 1 amide bonds. The van der Waals surface area contributed by atoms with Crippen LogP contribution in [-0.4, -0.2) is 21.7 Å². The molecule has 0 aliphatic carbocycles. The van der Waals surface area contributed by atoms with Crippen LogP contribution in [0.4, 0.5) is 11.5 Å². The smallest absolute Gasteiger partial charge is 0.248 e. The molecule has 0 aliphatic heterocycles. The lowest BCUT2D eigenvalue weighted by molar-refractivity contribution is -0.111. The highest BCUT2D eigenvalue weighted by molar-refractivity contribution is 6.09. The number of benzene rings is 2. The van der Waals surface area contributed by atoms with Gasteiger partial charge in [-0.1, -0.05) is 30.8 Å². The minimum absolute atomic E-state index is 0.144. The van der Waals surface area contributed by atoms with Gasteiger partial charge < -0.3 is 21.5 Å². The Bertz CT molecular complexity index is 1480. The summed E-state index contributed by atoms with van der Waals surface area (Å²) >= 11 is 0. The maximum absolute atomic E-state index is 11.7. The second-order valence-electron chi connectivity index (χ2n) is 8.19. The Labute approximate surface area is 209 Å². The number of aromatic nitrogens is 2. The van der Waals surface area contributed by atoms with Crippen LogP contribution in [0.3, 0.4) is 0 Å². The molecule has 0 bridgehead atoms. The van der Waals surface area contributed by atoms with E-state index in [1.165, 1.54) is 6.08 Å². The second kappa shape index (κ2) is 10.1. The van der Waals surface area contributed by atoms with Gasteiger partial charge in [0.25, 0.3) is 0 Å². The summed E-state index contributed by atoms with van der Waals surface area (Å²) in [5.74, 6) is 1.05. The number of carbonyl (C=O) groups excluding carboxylic acids is 1. The van der Waals surface area contributed by atoms with E-state index >= 15 is 0 Å². The van der Waals surface area contributed by atoms with E-state index in [1.54, 1.807) is 24.4 Å². The monoisotopic (exact) mass is 478 g/mol.